The predicted molar refractivity (Wildman–Crippen MR) is 85.1 cm³/mol. The Hall–Kier alpha value is -0.780. The molecule has 0 saturated heterocycles. The van der Waals surface area contributed by atoms with Crippen LogP contribution in [0.3, 0.4) is 0 Å². The molecule has 112 valence electrons. The zero-order chi connectivity index (χ0) is 15.1. The molecule has 0 aliphatic heterocycles. The van der Waals surface area contributed by atoms with Crippen molar-refractivity contribution in [1.29, 1.82) is 0 Å². The molecule has 0 fully saturated rings. The molecule has 0 aliphatic carbocycles. The first kappa shape index (κ1) is 17.3. The van der Waals surface area contributed by atoms with Gasteiger partial charge in [0.2, 0.25) is 0 Å². The van der Waals surface area contributed by atoms with E-state index in [1.807, 2.05) is 13.0 Å². The van der Waals surface area contributed by atoms with Crippen molar-refractivity contribution < 1.29 is 9.00 Å². The standard InChI is InChI=1S/C13H18Cl2N2O2S/c1-9(17-13(18)16-5-6-20(2)19)7-10-3-4-11(14)8-12(10)15/h3-4,8-9H,5-7H2,1-2H3,(H2,16,17,18). The van der Waals surface area contributed by atoms with Gasteiger partial charge in [-0.3, -0.25) is 4.21 Å². The number of carbonyl (C=O) groups excluding carboxylic acids is 1. The summed E-state index contributed by atoms with van der Waals surface area (Å²) >= 11 is 11.9. The van der Waals surface area contributed by atoms with Gasteiger partial charge in [-0.05, 0) is 31.0 Å². The van der Waals surface area contributed by atoms with E-state index in [1.165, 1.54) is 0 Å². The van der Waals surface area contributed by atoms with Gasteiger partial charge in [-0.15, -0.1) is 0 Å². The van der Waals surface area contributed by atoms with Gasteiger partial charge in [0.05, 0.1) is 0 Å². The smallest absolute Gasteiger partial charge is 0.315 e. The lowest BCUT2D eigenvalue weighted by Crippen LogP contribution is -2.42. The van der Waals surface area contributed by atoms with Crippen molar-refractivity contribution in [2.45, 2.75) is 19.4 Å². The van der Waals surface area contributed by atoms with E-state index in [0.717, 1.165) is 5.56 Å². The Balaban J connectivity index is 2.41. The quantitative estimate of drug-likeness (QED) is 0.838. The van der Waals surface area contributed by atoms with Crippen molar-refractivity contribution >= 4 is 40.0 Å². The lowest BCUT2D eigenvalue weighted by molar-refractivity contribution is 0.238. The van der Waals surface area contributed by atoms with Crippen molar-refractivity contribution in [1.82, 2.24) is 10.6 Å². The monoisotopic (exact) mass is 336 g/mol. The van der Waals surface area contributed by atoms with Crippen molar-refractivity contribution in [3.63, 3.8) is 0 Å². The zero-order valence-electron chi connectivity index (χ0n) is 11.4. The Morgan fingerprint density at radius 3 is 2.70 bits per heavy atom. The maximum Gasteiger partial charge on any atom is 0.315 e. The van der Waals surface area contributed by atoms with Crippen LogP contribution >= 0.6 is 23.2 Å². The Kier molecular flexibility index (Phi) is 7.34. The van der Waals surface area contributed by atoms with Crippen LogP contribution in [0.5, 0.6) is 0 Å². The summed E-state index contributed by atoms with van der Waals surface area (Å²) in [5, 5.41) is 6.64. The minimum Gasteiger partial charge on any atom is -0.337 e. The van der Waals surface area contributed by atoms with Crippen molar-refractivity contribution in [3.8, 4) is 0 Å². The second kappa shape index (κ2) is 8.49. The lowest BCUT2D eigenvalue weighted by Gasteiger charge is -2.15. The Morgan fingerprint density at radius 2 is 2.10 bits per heavy atom. The van der Waals surface area contributed by atoms with Crippen molar-refractivity contribution in [2.24, 2.45) is 0 Å². The number of hydrogen-bond acceptors (Lipinski definition) is 2. The topological polar surface area (TPSA) is 58.2 Å². The summed E-state index contributed by atoms with van der Waals surface area (Å²) in [6, 6.07) is 4.96. The first-order valence-electron chi connectivity index (χ1n) is 6.17. The molecule has 1 aromatic carbocycles. The van der Waals surface area contributed by atoms with Gasteiger partial charge in [-0.2, -0.15) is 0 Å². The predicted octanol–water partition coefficient (Wildman–Crippen LogP) is 2.60. The highest BCUT2D eigenvalue weighted by molar-refractivity contribution is 7.84. The molecule has 20 heavy (non-hydrogen) atoms. The number of carbonyl (C=O) groups is 1. The number of halogens is 2. The summed E-state index contributed by atoms with van der Waals surface area (Å²) < 4.78 is 10.9. The third-order valence-electron chi connectivity index (χ3n) is 2.59. The van der Waals surface area contributed by atoms with Crippen LogP contribution in [-0.4, -0.2) is 34.8 Å². The van der Waals surface area contributed by atoms with Gasteiger partial charge in [0, 0.05) is 45.4 Å². The maximum absolute atomic E-state index is 11.6. The maximum atomic E-state index is 11.6. The molecule has 0 spiro atoms. The molecule has 4 nitrogen and oxygen atoms in total. The SMILES string of the molecule is CC(Cc1ccc(Cl)cc1Cl)NC(=O)NCCS(C)=O. The van der Waals surface area contributed by atoms with Gasteiger partial charge in [0.25, 0.3) is 0 Å². The van der Waals surface area contributed by atoms with E-state index in [1.54, 1.807) is 18.4 Å². The van der Waals surface area contributed by atoms with Gasteiger partial charge < -0.3 is 10.6 Å². The highest BCUT2D eigenvalue weighted by Gasteiger charge is 2.10. The second-order valence-corrected chi connectivity index (χ2v) is 6.92. The molecule has 1 aromatic rings. The summed E-state index contributed by atoms with van der Waals surface area (Å²) in [6.07, 6.45) is 2.22. The summed E-state index contributed by atoms with van der Waals surface area (Å²) in [6.45, 7) is 2.28. The van der Waals surface area contributed by atoms with Crippen molar-refractivity contribution in [2.75, 3.05) is 18.6 Å². The summed E-state index contributed by atoms with van der Waals surface area (Å²) in [5.41, 5.74) is 0.929. The molecule has 0 aliphatic rings. The third-order valence-corrected chi connectivity index (χ3v) is 3.96. The first-order chi connectivity index (χ1) is 9.38. The van der Waals surface area contributed by atoms with Crippen LogP contribution in [-0.2, 0) is 17.2 Å². The summed E-state index contributed by atoms with van der Waals surface area (Å²) in [4.78, 5) is 11.6. The number of rotatable bonds is 6. The molecular weight excluding hydrogens is 319 g/mol. The lowest BCUT2D eigenvalue weighted by atomic mass is 10.1. The van der Waals surface area contributed by atoms with Crippen LogP contribution < -0.4 is 10.6 Å². The highest BCUT2D eigenvalue weighted by atomic mass is 35.5. The number of urea groups is 1. The zero-order valence-corrected chi connectivity index (χ0v) is 13.7. The van der Waals surface area contributed by atoms with Crippen LogP contribution in [0.4, 0.5) is 4.79 Å². The molecule has 0 radical (unpaired) electrons. The van der Waals surface area contributed by atoms with Gasteiger partial charge >= 0.3 is 6.03 Å². The first-order valence-corrected chi connectivity index (χ1v) is 8.65. The minimum atomic E-state index is -0.904. The summed E-state index contributed by atoms with van der Waals surface area (Å²) in [7, 11) is -0.904. The molecule has 7 heteroatoms. The van der Waals surface area contributed by atoms with E-state index < -0.39 is 10.8 Å². The Labute approximate surface area is 131 Å². The number of hydrogen-bond donors (Lipinski definition) is 2. The van der Waals surface area contributed by atoms with Crippen LogP contribution in [0.15, 0.2) is 18.2 Å². The number of amides is 2. The average molecular weight is 337 g/mol. The van der Waals surface area contributed by atoms with Gasteiger partial charge in [-0.1, -0.05) is 29.3 Å². The van der Waals surface area contributed by atoms with Crippen LogP contribution in [0.1, 0.15) is 12.5 Å². The molecular formula is C13H18Cl2N2O2S. The number of nitrogens with one attached hydrogen (secondary N) is 2. The van der Waals surface area contributed by atoms with E-state index in [4.69, 9.17) is 23.2 Å². The average Bonchev–Trinajstić information content (AvgIpc) is 2.32. The van der Waals surface area contributed by atoms with Gasteiger partial charge in [0.15, 0.2) is 0 Å². The van der Waals surface area contributed by atoms with Crippen LogP contribution in [0.25, 0.3) is 0 Å². The molecule has 0 heterocycles. The second-order valence-electron chi connectivity index (χ2n) is 4.52. The summed E-state index contributed by atoms with van der Waals surface area (Å²) in [5.74, 6) is 0.449. The molecule has 0 saturated carbocycles. The van der Waals surface area contributed by atoms with E-state index in [2.05, 4.69) is 10.6 Å². The molecule has 2 atom stereocenters. The van der Waals surface area contributed by atoms with E-state index in [0.29, 0.717) is 28.8 Å². The van der Waals surface area contributed by atoms with Crippen LogP contribution in [0, 0.1) is 0 Å². The Morgan fingerprint density at radius 1 is 1.40 bits per heavy atom. The van der Waals surface area contributed by atoms with E-state index >= 15 is 0 Å². The molecule has 0 bridgehead atoms. The van der Waals surface area contributed by atoms with E-state index in [-0.39, 0.29) is 12.1 Å². The van der Waals surface area contributed by atoms with E-state index in [9.17, 15) is 9.00 Å². The Bertz CT molecular complexity index is 497. The van der Waals surface area contributed by atoms with Crippen molar-refractivity contribution in [3.05, 3.63) is 33.8 Å². The molecule has 2 N–H and O–H groups in total. The molecule has 2 unspecified atom stereocenters. The molecule has 0 aromatic heterocycles. The highest BCUT2D eigenvalue weighted by Crippen LogP contribution is 2.21. The fraction of sp³-hybridized carbons (Fsp3) is 0.462. The van der Waals surface area contributed by atoms with Gasteiger partial charge in [-0.25, -0.2) is 4.79 Å². The molecule has 1 rings (SSSR count). The minimum absolute atomic E-state index is 0.0687. The fourth-order valence-corrected chi connectivity index (χ4v) is 2.53. The van der Waals surface area contributed by atoms with Gasteiger partial charge in [0.1, 0.15) is 0 Å². The third kappa shape index (κ3) is 6.59. The van der Waals surface area contributed by atoms with Crippen LogP contribution in [0.2, 0.25) is 10.0 Å². The number of benzene rings is 1. The fourth-order valence-electron chi connectivity index (χ4n) is 1.65. The molecule has 2 amide bonds. The normalized spacial score (nSPS) is 13.6. The largest absolute Gasteiger partial charge is 0.337 e.